The topological polar surface area (TPSA) is 81.4 Å². The molecular weight excluding hydrogens is 356 g/mol. The maximum absolute atomic E-state index is 12.1. The van der Waals surface area contributed by atoms with E-state index in [1.807, 2.05) is 0 Å². The van der Waals surface area contributed by atoms with Gasteiger partial charge in [0.25, 0.3) is 0 Å². The number of hydrogen-bond acceptors (Lipinski definition) is 4. The van der Waals surface area contributed by atoms with Gasteiger partial charge in [0.1, 0.15) is 5.75 Å². The van der Waals surface area contributed by atoms with Gasteiger partial charge in [0.15, 0.2) is 0 Å². The van der Waals surface area contributed by atoms with Crippen molar-refractivity contribution >= 4 is 38.4 Å². The van der Waals surface area contributed by atoms with E-state index in [9.17, 15) is 8.42 Å². The first-order valence-electron chi connectivity index (χ1n) is 5.29. The molecule has 0 unspecified atom stereocenters. The summed E-state index contributed by atoms with van der Waals surface area (Å²) in [5.41, 5.74) is 4.82. The summed E-state index contributed by atoms with van der Waals surface area (Å²) in [5.74, 6) is 0.576. The van der Waals surface area contributed by atoms with Crippen LogP contribution in [0, 0.1) is 0 Å². The molecule has 0 atom stereocenters. The summed E-state index contributed by atoms with van der Waals surface area (Å²) in [6.45, 7) is 3.66. The number of rotatable bonds is 5. The molecule has 0 heterocycles. The van der Waals surface area contributed by atoms with Crippen LogP contribution in [0.25, 0.3) is 0 Å². The minimum atomic E-state index is -3.59. The molecule has 5 nitrogen and oxygen atoms in total. The van der Waals surface area contributed by atoms with Crippen LogP contribution in [0.15, 0.2) is 27.6 Å². The average molecular weight is 374 g/mol. The Bertz CT molecular complexity index is 535. The summed E-state index contributed by atoms with van der Waals surface area (Å²) in [7, 11) is -2.08. The van der Waals surface area contributed by atoms with Crippen molar-refractivity contribution in [3.8, 4) is 5.75 Å². The van der Waals surface area contributed by atoms with E-state index in [2.05, 4.69) is 20.7 Å². The van der Waals surface area contributed by atoms with Crippen LogP contribution in [0.2, 0.25) is 0 Å². The minimum absolute atomic E-state index is 0. The molecule has 1 aromatic rings. The Hall–Kier alpha value is -0.340. The average Bonchev–Trinajstić information content (AvgIpc) is 2.27. The van der Waals surface area contributed by atoms with E-state index in [-0.39, 0.29) is 23.8 Å². The van der Waals surface area contributed by atoms with Gasteiger partial charge < -0.3 is 10.5 Å². The van der Waals surface area contributed by atoms with Crippen LogP contribution >= 0.6 is 28.3 Å². The summed E-state index contributed by atoms with van der Waals surface area (Å²) in [4.78, 5) is 0.164. The highest BCUT2D eigenvalue weighted by Crippen LogP contribution is 2.27. The lowest BCUT2D eigenvalue weighted by Crippen LogP contribution is -2.48. The number of hydrogen-bond donors (Lipinski definition) is 2. The van der Waals surface area contributed by atoms with Crippen molar-refractivity contribution in [2.24, 2.45) is 5.73 Å². The lowest BCUT2D eigenvalue weighted by molar-refractivity contribution is 0.411. The summed E-state index contributed by atoms with van der Waals surface area (Å²) < 4.78 is 32.4. The van der Waals surface area contributed by atoms with Gasteiger partial charge in [-0.2, -0.15) is 0 Å². The zero-order chi connectivity index (χ0) is 14.0. The van der Waals surface area contributed by atoms with E-state index >= 15 is 0 Å². The number of benzene rings is 1. The highest BCUT2D eigenvalue weighted by molar-refractivity contribution is 9.10. The molecule has 0 aliphatic rings. The Labute approximate surface area is 128 Å². The molecule has 0 fully saturated rings. The molecule has 0 amide bonds. The number of ether oxygens (including phenoxy) is 1. The fraction of sp³-hybridized carbons (Fsp3) is 0.455. The molecule has 0 radical (unpaired) electrons. The lowest BCUT2D eigenvalue weighted by Gasteiger charge is -2.24. The summed E-state index contributed by atoms with van der Waals surface area (Å²) >= 11 is 3.25. The van der Waals surface area contributed by atoms with E-state index in [1.54, 1.807) is 19.9 Å². The van der Waals surface area contributed by atoms with Crippen molar-refractivity contribution in [3.05, 3.63) is 22.7 Å². The van der Waals surface area contributed by atoms with Crippen molar-refractivity contribution in [1.82, 2.24) is 4.72 Å². The molecule has 110 valence electrons. The molecular formula is C11H18BrClN2O3S. The Morgan fingerprint density at radius 3 is 2.42 bits per heavy atom. The Morgan fingerprint density at radius 2 is 2.00 bits per heavy atom. The van der Waals surface area contributed by atoms with Gasteiger partial charge >= 0.3 is 0 Å². The molecule has 0 saturated carbocycles. The molecule has 8 heteroatoms. The molecule has 1 rings (SSSR count). The molecule has 3 N–H and O–H groups in total. The van der Waals surface area contributed by atoms with Crippen molar-refractivity contribution in [2.45, 2.75) is 24.3 Å². The molecule has 0 bridgehead atoms. The predicted molar refractivity (Wildman–Crippen MR) is 81.4 cm³/mol. The zero-order valence-electron chi connectivity index (χ0n) is 10.9. The maximum Gasteiger partial charge on any atom is 0.241 e. The standard InChI is InChI=1S/C11H17BrN2O3S.ClH/c1-11(2,7-13)14-18(15,16)8-4-5-10(17-3)9(12)6-8;/h4-6,14H,7,13H2,1-3H3;1H. The molecule has 1 aromatic carbocycles. The van der Waals surface area contributed by atoms with Gasteiger partial charge in [-0.3, -0.25) is 0 Å². The van der Waals surface area contributed by atoms with Crippen LogP contribution in [0.5, 0.6) is 5.75 Å². The third kappa shape index (κ3) is 4.92. The van der Waals surface area contributed by atoms with Gasteiger partial charge in [-0.05, 0) is 48.0 Å². The van der Waals surface area contributed by atoms with Crippen LogP contribution in [0.4, 0.5) is 0 Å². The van der Waals surface area contributed by atoms with Crippen LogP contribution in [-0.4, -0.2) is 27.6 Å². The number of methoxy groups -OCH3 is 1. The van der Waals surface area contributed by atoms with E-state index in [4.69, 9.17) is 10.5 Å². The van der Waals surface area contributed by atoms with E-state index in [0.29, 0.717) is 10.2 Å². The predicted octanol–water partition coefficient (Wildman–Crippen LogP) is 1.90. The third-order valence-corrected chi connectivity index (χ3v) is 4.67. The van der Waals surface area contributed by atoms with Gasteiger partial charge in [-0.1, -0.05) is 0 Å². The Morgan fingerprint density at radius 1 is 1.42 bits per heavy atom. The number of nitrogens with two attached hydrogens (primary N) is 1. The highest BCUT2D eigenvalue weighted by Gasteiger charge is 2.25. The first kappa shape index (κ1) is 18.7. The molecule has 0 aliphatic carbocycles. The van der Waals surface area contributed by atoms with Gasteiger partial charge in [0, 0.05) is 12.1 Å². The fourth-order valence-electron chi connectivity index (χ4n) is 1.28. The second kappa shape index (κ2) is 6.90. The molecule has 19 heavy (non-hydrogen) atoms. The number of nitrogens with one attached hydrogen (secondary N) is 1. The van der Waals surface area contributed by atoms with Crippen molar-refractivity contribution < 1.29 is 13.2 Å². The highest BCUT2D eigenvalue weighted by atomic mass is 79.9. The first-order valence-corrected chi connectivity index (χ1v) is 7.57. The second-order valence-electron chi connectivity index (χ2n) is 4.49. The third-order valence-electron chi connectivity index (χ3n) is 2.35. The molecule has 0 spiro atoms. The van der Waals surface area contributed by atoms with Gasteiger partial charge in [-0.25, -0.2) is 13.1 Å². The largest absolute Gasteiger partial charge is 0.496 e. The SMILES string of the molecule is COc1ccc(S(=O)(=O)NC(C)(C)CN)cc1Br.Cl. The molecule has 0 aliphatic heterocycles. The quantitative estimate of drug-likeness (QED) is 0.826. The fourth-order valence-corrected chi connectivity index (χ4v) is 3.42. The summed E-state index contributed by atoms with van der Waals surface area (Å²) in [6, 6.07) is 4.57. The van der Waals surface area contributed by atoms with E-state index in [0.717, 1.165) is 0 Å². The normalized spacial score (nSPS) is 11.8. The van der Waals surface area contributed by atoms with Gasteiger partial charge in [0.2, 0.25) is 10.0 Å². The van der Waals surface area contributed by atoms with Crippen LogP contribution in [-0.2, 0) is 10.0 Å². The van der Waals surface area contributed by atoms with Crippen molar-refractivity contribution in [1.29, 1.82) is 0 Å². The molecule has 0 saturated heterocycles. The Balaban J connectivity index is 0.00000324. The van der Waals surface area contributed by atoms with E-state index in [1.165, 1.54) is 19.2 Å². The van der Waals surface area contributed by atoms with Crippen molar-refractivity contribution in [2.75, 3.05) is 13.7 Å². The minimum Gasteiger partial charge on any atom is -0.496 e. The smallest absolute Gasteiger partial charge is 0.241 e. The van der Waals surface area contributed by atoms with Gasteiger partial charge in [-0.15, -0.1) is 12.4 Å². The second-order valence-corrected chi connectivity index (χ2v) is 7.03. The molecule has 0 aromatic heterocycles. The Kier molecular flexibility index (Phi) is 6.77. The summed E-state index contributed by atoms with van der Waals surface area (Å²) in [6.07, 6.45) is 0. The number of sulfonamides is 1. The van der Waals surface area contributed by atoms with E-state index < -0.39 is 15.6 Å². The first-order chi connectivity index (χ1) is 8.22. The van der Waals surface area contributed by atoms with Gasteiger partial charge in [0.05, 0.1) is 16.5 Å². The number of halogens is 2. The monoisotopic (exact) mass is 372 g/mol. The van der Waals surface area contributed by atoms with Crippen LogP contribution < -0.4 is 15.2 Å². The van der Waals surface area contributed by atoms with Crippen molar-refractivity contribution in [3.63, 3.8) is 0 Å². The lowest BCUT2D eigenvalue weighted by atomic mass is 10.1. The van der Waals surface area contributed by atoms with Crippen LogP contribution in [0.3, 0.4) is 0 Å². The van der Waals surface area contributed by atoms with Crippen LogP contribution in [0.1, 0.15) is 13.8 Å². The maximum atomic E-state index is 12.1. The summed E-state index contributed by atoms with van der Waals surface area (Å²) in [5, 5.41) is 0. The zero-order valence-corrected chi connectivity index (χ0v) is 14.2.